The molecular weight excluding hydrogens is 447 g/mol. The molecule has 3 atom stereocenters. The fourth-order valence-corrected chi connectivity index (χ4v) is 4.26. The number of carbonyl (C=O) groups excluding carboxylic acids is 4. The monoisotopic (exact) mass is 480 g/mol. The lowest BCUT2D eigenvalue weighted by Gasteiger charge is -2.39. The number of hydrogen-bond donors (Lipinski definition) is 2. The number of hydrogen-bond acceptors (Lipinski definition) is 10. The predicted molar refractivity (Wildman–Crippen MR) is 111 cm³/mol. The molecule has 2 N–H and O–H groups in total. The number of phosphoric acid groups is 1. The highest BCUT2D eigenvalue weighted by Gasteiger charge is 2.49. The highest BCUT2D eigenvalue weighted by atomic mass is 31.2. The summed E-state index contributed by atoms with van der Waals surface area (Å²) in [6.45, 7) is 7.48. The number of carbonyl (C=O) groups is 4. The molecule has 0 saturated carbocycles. The van der Waals surface area contributed by atoms with E-state index in [0.717, 1.165) is 0 Å². The molecule has 1 saturated heterocycles. The van der Waals surface area contributed by atoms with Crippen molar-refractivity contribution in [3.05, 3.63) is 0 Å². The third kappa shape index (κ3) is 9.23. The van der Waals surface area contributed by atoms with Crippen molar-refractivity contribution in [2.45, 2.75) is 59.6 Å². The topological polar surface area (TPSA) is 156 Å². The summed E-state index contributed by atoms with van der Waals surface area (Å²) in [5.41, 5.74) is -0.850. The van der Waals surface area contributed by atoms with Gasteiger partial charge in [-0.15, -0.1) is 0 Å². The zero-order chi connectivity index (χ0) is 24.5. The van der Waals surface area contributed by atoms with Crippen LogP contribution in [0.4, 0.5) is 0 Å². The van der Waals surface area contributed by atoms with Crippen LogP contribution in [-0.4, -0.2) is 63.0 Å². The van der Waals surface area contributed by atoms with E-state index in [1.54, 1.807) is 13.8 Å². The molecule has 0 aromatic rings. The van der Waals surface area contributed by atoms with Crippen molar-refractivity contribution in [1.82, 2.24) is 10.6 Å². The number of esters is 2. The Balaban J connectivity index is 2.67. The van der Waals surface area contributed by atoms with Gasteiger partial charge in [0.25, 0.3) is 0 Å². The summed E-state index contributed by atoms with van der Waals surface area (Å²) in [6, 6.07) is -0.891. The summed E-state index contributed by atoms with van der Waals surface area (Å²) in [5, 5.41) is 5.00. The first-order valence-corrected chi connectivity index (χ1v) is 11.6. The van der Waals surface area contributed by atoms with Gasteiger partial charge < -0.3 is 20.1 Å². The Morgan fingerprint density at radius 2 is 1.88 bits per heavy atom. The molecule has 0 aromatic carbocycles. The Labute approximate surface area is 187 Å². The standard InChI is InChI=1S/C19H33N2O10P/c1-12(2)9-14(21-13(3)22)18(25)28-11-30-32(26)29-10-19(4,5)16(31-32)17(24)20-8-7-15(23)27-6/h12,14,16H,7-11H2,1-6H3,(H,20,24)(H,21,22)/t14-,16-,32?/m0/s1. The van der Waals surface area contributed by atoms with Crippen molar-refractivity contribution in [3.8, 4) is 0 Å². The van der Waals surface area contributed by atoms with Crippen molar-refractivity contribution < 1.29 is 46.8 Å². The molecule has 1 aliphatic heterocycles. The fourth-order valence-electron chi connectivity index (χ4n) is 2.76. The Morgan fingerprint density at radius 1 is 1.22 bits per heavy atom. The highest BCUT2D eigenvalue weighted by Crippen LogP contribution is 2.57. The molecule has 0 aromatic heterocycles. The lowest BCUT2D eigenvalue weighted by Crippen LogP contribution is -2.50. The number of methoxy groups -OCH3 is 1. The van der Waals surface area contributed by atoms with E-state index in [-0.39, 0.29) is 25.5 Å². The molecule has 1 unspecified atom stereocenters. The van der Waals surface area contributed by atoms with E-state index < -0.39 is 55.9 Å². The van der Waals surface area contributed by atoms with Crippen LogP contribution in [0.3, 0.4) is 0 Å². The number of rotatable bonds is 11. The van der Waals surface area contributed by atoms with Gasteiger partial charge >= 0.3 is 19.8 Å². The molecule has 1 heterocycles. The van der Waals surface area contributed by atoms with E-state index >= 15 is 0 Å². The first-order chi connectivity index (χ1) is 14.8. The maximum Gasteiger partial charge on any atom is 0.478 e. The zero-order valence-electron chi connectivity index (χ0n) is 19.3. The number of amides is 2. The van der Waals surface area contributed by atoms with E-state index in [1.807, 2.05) is 13.8 Å². The second-order valence-electron chi connectivity index (χ2n) is 8.40. The lowest BCUT2D eigenvalue weighted by atomic mass is 9.87. The average molecular weight is 480 g/mol. The number of ether oxygens (including phenoxy) is 2. The zero-order valence-corrected chi connectivity index (χ0v) is 20.2. The maximum absolute atomic E-state index is 12.8. The number of nitrogens with one attached hydrogen (secondary N) is 2. The number of phosphoric ester groups is 1. The second kappa shape index (κ2) is 12.3. The molecular formula is C19H33N2O10P. The molecule has 1 fully saturated rings. The molecule has 0 bridgehead atoms. The Kier molecular flexibility index (Phi) is 10.8. The molecule has 0 spiro atoms. The molecule has 32 heavy (non-hydrogen) atoms. The minimum absolute atomic E-state index is 0.00542. The van der Waals surface area contributed by atoms with E-state index in [4.69, 9.17) is 18.3 Å². The van der Waals surface area contributed by atoms with Gasteiger partial charge in [0.2, 0.25) is 18.6 Å². The SMILES string of the molecule is COC(=O)CCNC(=O)[C@@H]1OP(=O)(OCOC(=O)[C@H](CC(C)C)NC(C)=O)OCC1(C)C. The quantitative estimate of drug-likeness (QED) is 0.251. The third-order valence-electron chi connectivity index (χ3n) is 4.41. The summed E-state index contributed by atoms with van der Waals surface area (Å²) in [7, 11) is -2.99. The second-order valence-corrected chi connectivity index (χ2v) is 10.0. The Morgan fingerprint density at radius 3 is 2.44 bits per heavy atom. The van der Waals surface area contributed by atoms with E-state index in [1.165, 1.54) is 14.0 Å². The van der Waals surface area contributed by atoms with Crippen LogP contribution in [0.5, 0.6) is 0 Å². The van der Waals surface area contributed by atoms with E-state index in [0.29, 0.717) is 6.42 Å². The fraction of sp³-hybridized carbons (Fsp3) is 0.789. The smallest absolute Gasteiger partial charge is 0.469 e. The van der Waals surface area contributed by atoms with Crippen molar-refractivity contribution in [3.63, 3.8) is 0 Å². The third-order valence-corrected chi connectivity index (χ3v) is 5.75. The van der Waals surface area contributed by atoms with Crippen LogP contribution in [0.1, 0.15) is 47.5 Å². The minimum atomic E-state index is -4.22. The maximum atomic E-state index is 12.8. The average Bonchev–Trinajstić information content (AvgIpc) is 2.68. The van der Waals surface area contributed by atoms with Gasteiger partial charge in [0.15, 0.2) is 6.10 Å². The summed E-state index contributed by atoms with van der Waals surface area (Å²) >= 11 is 0. The first kappa shape index (κ1) is 28.0. The normalized spacial score (nSPS) is 23.2. The lowest BCUT2D eigenvalue weighted by molar-refractivity contribution is -0.159. The summed E-state index contributed by atoms with van der Waals surface area (Å²) in [6.07, 6.45) is -0.907. The van der Waals surface area contributed by atoms with Gasteiger partial charge in [-0.3, -0.25) is 23.4 Å². The largest absolute Gasteiger partial charge is 0.478 e. The van der Waals surface area contributed by atoms with Gasteiger partial charge in [-0.2, -0.15) is 0 Å². The van der Waals surface area contributed by atoms with Gasteiger partial charge in [0.1, 0.15) is 6.04 Å². The Bertz CT molecular complexity index is 740. The van der Waals surface area contributed by atoms with Crippen LogP contribution in [-0.2, 0) is 46.8 Å². The molecule has 1 rings (SSSR count). The molecule has 0 radical (unpaired) electrons. The molecule has 184 valence electrons. The van der Waals surface area contributed by atoms with Crippen molar-refractivity contribution in [2.24, 2.45) is 11.3 Å². The van der Waals surface area contributed by atoms with Crippen LogP contribution >= 0.6 is 7.82 Å². The Hall–Kier alpha value is -2.01. The van der Waals surface area contributed by atoms with Gasteiger partial charge in [0, 0.05) is 18.9 Å². The van der Waals surface area contributed by atoms with Crippen molar-refractivity contribution >= 4 is 31.6 Å². The van der Waals surface area contributed by atoms with Gasteiger partial charge in [-0.05, 0) is 12.3 Å². The summed E-state index contributed by atoms with van der Waals surface area (Å²) in [4.78, 5) is 47.2. The van der Waals surface area contributed by atoms with Crippen LogP contribution in [0.15, 0.2) is 0 Å². The van der Waals surface area contributed by atoms with Gasteiger partial charge in [-0.1, -0.05) is 27.7 Å². The molecule has 1 aliphatic rings. The predicted octanol–water partition coefficient (Wildman–Crippen LogP) is 1.28. The molecule has 13 heteroatoms. The molecule has 2 amide bonds. The van der Waals surface area contributed by atoms with Gasteiger partial charge in [0.05, 0.1) is 20.1 Å². The van der Waals surface area contributed by atoms with Crippen molar-refractivity contribution in [2.75, 3.05) is 27.1 Å². The van der Waals surface area contributed by atoms with E-state index in [9.17, 15) is 23.7 Å². The van der Waals surface area contributed by atoms with Crippen molar-refractivity contribution in [1.29, 1.82) is 0 Å². The van der Waals surface area contributed by atoms with Crippen LogP contribution < -0.4 is 10.6 Å². The summed E-state index contributed by atoms with van der Waals surface area (Å²) in [5.74, 6) is -2.17. The van der Waals surface area contributed by atoms with E-state index in [2.05, 4.69) is 15.4 Å². The first-order valence-electron chi connectivity index (χ1n) is 10.2. The van der Waals surface area contributed by atoms with Crippen LogP contribution in [0.2, 0.25) is 0 Å². The molecule has 0 aliphatic carbocycles. The minimum Gasteiger partial charge on any atom is -0.469 e. The van der Waals surface area contributed by atoms with Crippen LogP contribution in [0.25, 0.3) is 0 Å². The van der Waals surface area contributed by atoms with Crippen LogP contribution in [0, 0.1) is 11.3 Å². The summed E-state index contributed by atoms with van der Waals surface area (Å²) < 4.78 is 37.8. The molecule has 12 nitrogen and oxygen atoms in total. The highest BCUT2D eigenvalue weighted by molar-refractivity contribution is 7.48. The van der Waals surface area contributed by atoms with Gasteiger partial charge in [-0.25, -0.2) is 13.9 Å².